The van der Waals surface area contributed by atoms with E-state index in [2.05, 4.69) is 36.3 Å². The van der Waals surface area contributed by atoms with Gasteiger partial charge in [-0.05, 0) is 36.4 Å². The number of aliphatic imine (C=N–C) groups is 1. The van der Waals surface area contributed by atoms with Crippen molar-refractivity contribution in [3.63, 3.8) is 0 Å². The topological polar surface area (TPSA) is 94.0 Å². The molecule has 0 spiro atoms. The van der Waals surface area contributed by atoms with Crippen molar-refractivity contribution in [2.24, 2.45) is 10.7 Å². The summed E-state index contributed by atoms with van der Waals surface area (Å²) in [4.78, 5) is 13.4. The van der Waals surface area contributed by atoms with Crippen molar-refractivity contribution in [3.8, 4) is 11.1 Å². The smallest absolute Gasteiger partial charge is 0.160 e. The molecule has 3 N–H and O–H groups in total. The molecule has 7 nitrogen and oxygen atoms in total. The van der Waals surface area contributed by atoms with Crippen LogP contribution in [0.25, 0.3) is 22.0 Å². The zero-order chi connectivity index (χ0) is 20.7. The number of rotatable bonds is 4. The highest BCUT2D eigenvalue weighted by Gasteiger charge is 2.31. The molecule has 4 heterocycles. The van der Waals surface area contributed by atoms with E-state index in [9.17, 15) is 4.39 Å². The van der Waals surface area contributed by atoms with E-state index in [0.29, 0.717) is 17.7 Å². The standard InChI is InChI=1S/C21H17BrFN7/c22-19-17(11-27-18-3-1-2-6-25-18)29-21-15(10-28-30(21)20(19)24)13-7-12-8-14(23)4-5-16(12)26-9-13/h1-10,19-20H,11,24H2,(H,25,27). The fourth-order valence-electron chi connectivity index (χ4n) is 3.44. The largest absolute Gasteiger partial charge is 0.365 e. The Balaban J connectivity index is 1.52. The Morgan fingerprint density at radius 2 is 2.03 bits per heavy atom. The third-order valence-electron chi connectivity index (χ3n) is 4.99. The SMILES string of the molecule is NC1C(Br)C(CNc2ccccn2)=Nc2c(-c3cnc4ccc(F)cc4c3)cnn21. The average molecular weight is 466 g/mol. The van der Waals surface area contributed by atoms with Gasteiger partial charge in [0.1, 0.15) is 17.8 Å². The number of anilines is 1. The van der Waals surface area contributed by atoms with Gasteiger partial charge in [0.15, 0.2) is 5.82 Å². The molecule has 5 rings (SSSR count). The predicted molar refractivity (Wildman–Crippen MR) is 119 cm³/mol. The van der Waals surface area contributed by atoms with Gasteiger partial charge in [0.25, 0.3) is 0 Å². The van der Waals surface area contributed by atoms with Crippen molar-refractivity contribution in [3.05, 3.63) is 66.9 Å². The van der Waals surface area contributed by atoms with Gasteiger partial charge < -0.3 is 11.1 Å². The van der Waals surface area contributed by atoms with Crippen LogP contribution in [-0.4, -0.2) is 36.8 Å². The number of nitrogens with two attached hydrogens (primary N) is 1. The van der Waals surface area contributed by atoms with Crippen molar-refractivity contribution >= 4 is 44.2 Å². The van der Waals surface area contributed by atoms with Crippen LogP contribution >= 0.6 is 15.9 Å². The van der Waals surface area contributed by atoms with Gasteiger partial charge in [-0.1, -0.05) is 22.0 Å². The molecule has 2 atom stereocenters. The third-order valence-corrected chi connectivity index (χ3v) is 6.06. The van der Waals surface area contributed by atoms with Crippen molar-refractivity contribution in [1.82, 2.24) is 19.7 Å². The second-order valence-electron chi connectivity index (χ2n) is 6.95. The number of nitrogens with zero attached hydrogens (tertiary/aromatic N) is 5. The fraction of sp³-hybridized carbons (Fsp3) is 0.143. The number of benzene rings is 1. The summed E-state index contributed by atoms with van der Waals surface area (Å²) in [7, 11) is 0. The van der Waals surface area contributed by atoms with Crippen LogP contribution in [0.3, 0.4) is 0 Å². The van der Waals surface area contributed by atoms with E-state index < -0.39 is 6.17 Å². The van der Waals surface area contributed by atoms with E-state index in [4.69, 9.17) is 10.7 Å². The van der Waals surface area contributed by atoms with Gasteiger partial charge >= 0.3 is 0 Å². The van der Waals surface area contributed by atoms with Gasteiger partial charge in [-0.2, -0.15) is 5.10 Å². The minimum Gasteiger partial charge on any atom is -0.365 e. The van der Waals surface area contributed by atoms with Crippen molar-refractivity contribution < 1.29 is 4.39 Å². The lowest BCUT2D eigenvalue weighted by Crippen LogP contribution is -2.39. The summed E-state index contributed by atoms with van der Waals surface area (Å²) in [6.07, 6.45) is 4.77. The number of alkyl halides is 1. The first kappa shape index (κ1) is 18.8. The number of fused-ring (bicyclic) bond motifs is 2. The number of nitrogens with one attached hydrogen (secondary N) is 1. The number of hydrogen-bond donors (Lipinski definition) is 2. The molecule has 0 saturated heterocycles. The van der Waals surface area contributed by atoms with E-state index in [-0.39, 0.29) is 10.6 Å². The highest BCUT2D eigenvalue weighted by molar-refractivity contribution is 9.10. The molecule has 9 heteroatoms. The average Bonchev–Trinajstić information content (AvgIpc) is 3.19. The number of aromatic nitrogens is 4. The summed E-state index contributed by atoms with van der Waals surface area (Å²) in [5.41, 5.74) is 9.57. The Morgan fingerprint density at radius 1 is 1.13 bits per heavy atom. The molecule has 1 aliphatic rings. The van der Waals surface area contributed by atoms with E-state index in [0.717, 1.165) is 28.2 Å². The number of hydrogen-bond acceptors (Lipinski definition) is 6. The summed E-state index contributed by atoms with van der Waals surface area (Å²) in [5.74, 6) is 1.10. The molecule has 3 aromatic heterocycles. The first-order valence-corrected chi connectivity index (χ1v) is 10.3. The number of pyridine rings is 2. The Hall–Kier alpha value is -3.17. The molecule has 2 unspecified atom stereocenters. The minimum atomic E-state index is -0.419. The van der Waals surface area contributed by atoms with Crippen LogP contribution < -0.4 is 11.1 Å². The molecule has 0 fully saturated rings. The van der Waals surface area contributed by atoms with Crippen LogP contribution in [0.15, 0.2) is 66.0 Å². The molecule has 0 aliphatic carbocycles. The number of halogens is 2. The second kappa shape index (κ2) is 7.58. The summed E-state index contributed by atoms with van der Waals surface area (Å²) in [6, 6.07) is 12.1. The highest BCUT2D eigenvalue weighted by Crippen LogP contribution is 2.37. The maximum atomic E-state index is 13.7. The molecule has 4 aromatic rings. The maximum absolute atomic E-state index is 13.7. The molecule has 1 aliphatic heterocycles. The Labute approximate surface area is 180 Å². The molecule has 0 amide bonds. The Morgan fingerprint density at radius 3 is 2.87 bits per heavy atom. The summed E-state index contributed by atoms with van der Waals surface area (Å²) in [6.45, 7) is 0.479. The molecule has 30 heavy (non-hydrogen) atoms. The fourth-order valence-corrected chi connectivity index (χ4v) is 3.93. The third kappa shape index (κ3) is 3.35. The zero-order valence-corrected chi connectivity index (χ0v) is 17.3. The van der Waals surface area contributed by atoms with Gasteiger partial charge in [0, 0.05) is 28.9 Å². The van der Waals surface area contributed by atoms with Crippen LogP contribution in [0.1, 0.15) is 6.17 Å². The van der Waals surface area contributed by atoms with Crippen LogP contribution in [0.5, 0.6) is 0 Å². The Bertz CT molecular complexity index is 1250. The van der Waals surface area contributed by atoms with E-state index in [1.165, 1.54) is 12.1 Å². The van der Waals surface area contributed by atoms with Gasteiger partial charge in [-0.15, -0.1) is 0 Å². The van der Waals surface area contributed by atoms with Gasteiger partial charge in [-0.25, -0.2) is 19.0 Å². The van der Waals surface area contributed by atoms with Crippen LogP contribution in [0.2, 0.25) is 0 Å². The van der Waals surface area contributed by atoms with Gasteiger partial charge in [0.2, 0.25) is 0 Å². The maximum Gasteiger partial charge on any atom is 0.160 e. The van der Waals surface area contributed by atoms with E-state index in [1.54, 1.807) is 29.3 Å². The van der Waals surface area contributed by atoms with Crippen molar-refractivity contribution in [1.29, 1.82) is 0 Å². The minimum absolute atomic E-state index is 0.183. The second-order valence-corrected chi connectivity index (χ2v) is 7.94. The summed E-state index contributed by atoms with van der Waals surface area (Å²) >= 11 is 3.64. The molecule has 0 radical (unpaired) electrons. The molecule has 0 bridgehead atoms. The van der Waals surface area contributed by atoms with Gasteiger partial charge in [-0.3, -0.25) is 4.98 Å². The normalized spacial score (nSPS) is 18.2. The van der Waals surface area contributed by atoms with Gasteiger partial charge in [0.05, 0.1) is 28.8 Å². The molecule has 150 valence electrons. The molecular weight excluding hydrogens is 449 g/mol. The van der Waals surface area contributed by atoms with E-state index in [1.807, 2.05) is 24.3 Å². The summed E-state index contributed by atoms with van der Waals surface area (Å²) < 4.78 is 15.3. The molecular formula is C21H17BrFN7. The van der Waals surface area contributed by atoms with E-state index >= 15 is 0 Å². The predicted octanol–water partition coefficient (Wildman–Crippen LogP) is 4.05. The first-order valence-electron chi connectivity index (χ1n) is 9.35. The lowest BCUT2D eigenvalue weighted by Gasteiger charge is -2.26. The van der Waals surface area contributed by atoms with Crippen molar-refractivity contribution in [2.45, 2.75) is 11.0 Å². The quantitative estimate of drug-likeness (QED) is 0.443. The lowest BCUT2D eigenvalue weighted by atomic mass is 10.1. The molecule has 0 saturated carbocycles. The van der Waals surface area contributed by atoms with Crippen LogP contribution in [0.4, 0.5) is 16.0 Å². The first-order chi connectivity index (χ1) is 14.6. The van der Waals surface area contributed by atoms with Crippen LogP contribution in [0, 0.1) is 5.82 Å². The van der Waals surface area contributed by atoms with Crippen LogP contribution in [-0.2, 0) is 0 Å². The zero-order valence-electron chi connectivity index (χ0n) is 15.7. The highest BCUT2D eigenvalue weighted by atomic mass is 79.9. The monoisotopic (exact) mass is 465 g/mol. The lowest BCUT2D eigenvalue weighted by molar-refractivity contribution is 0.489. The Kier molecular flexibility index (Phi) is 4.76. The molecule has 1 aromatic carbocycles. The van der Waals surface area contributed by atoms with Crippen molar-refractivity contribution in [2.75, 3.05) is 11.9 Å². The summed E-state index contributed by atoms with van der Waals surface area (Å²) in [5, 5.41) is 8.42.